The fourth-order valence-corrected chi connectivity index (χ4v) is 3.38. The number of likely N-dealkylation sites (N-methyl/N-ethyl adjacent to an activating group) is 1. The smallest absolute Gasteiger partial charge is 0.0513 e. The van der Waals surface area contributed by atoms with Gasteiger partial charge in [0.2, 0.25) is 0 Å². The Labute approximate surface area is 109 Å². The van der Waals surface area contributed by atoms with Gasteiger partial charge in [-0.3, -0.25) is 0 Å². The van der Waals surface area contributed by atoms with E-state index in [9.17, 15) is 0 Å². The van der Waals surface area contributed by atoms with Crippen molar-refractivity contribution in [3.8, 4) is 0 Å². The maximum Gasteiger partial charge on any atom is 0.0513 e. The SMILES string of the molecule is Cc1cc(C)c2c(ccn2C2CCC2N(C)C)c1. The summed E-state index contributed by atoms with van der Waals surface area (Å²) in [6.07, 6.45) is 4.90. The normalized spacial score (nSPS) is 23.6. The lowest BCUT2D eigenvalue weighted by Gasteiger charge is -2.42. The van der Waals surface area contributed by atoms with Gasteiger partial charge in [-0.25, -0.2) is 0 Å². The first-order chi connectivity index (χ1) is 8.58. The average molecular weight is 242 g/mol. The van der Waals surface area contributed by atoms with E-state index in [0.717, 1.165) is 0 Å². The van der Waals surface area contributed by atoms with Crippen LogP contribution in [-0.4, -0.2) is 29.6 Å². The first-order valence-corrected chi connectivity index (χ1v) is 6.82. The Morgan fingerprint density at radius 1 is 1.17 bits per heavy atom. The number of hydrogen-bond donors (Lipinski definition) is 0. The van der Waals surface area contributed by atoms with Crippen LogP contribution in [0.5, 0.6) is 0 Å². The summed E-state index contributed by atoms with van der Waals surface area (Å²) in [7, 11) is 4.39. The third-order valence-corrected chi connectivity index (χ3v) is 4.37. The molecule has 1 aliphatic carbocycles. The van der Waals surface area contributed by atoms with Crippen molar-refractivity contribution in [1.29, 1.82) is 0 Å². The van der Waals surface area contributed by atoms with Crippen LogP contribution in [-0.2, 0) is 0 Å². The van der Waals surface area contributed by atoms with E-state index >= 15 is 0 Å². The van der Waals surface area contributed by atoms with Crippen LogP contribution in [0.2, 0.25) is 0 Å². The maximum atomic E-state index is 2.50. The molecule has 2 unspecified atom stereocenters. The Morgan fingerprint density at radius 3 is 2.56 bits per heavy atom. The zero-order valence-corrected chi connectivity index (χ0v) is 11.8. The molecule has 0 amide bonds. The van der Waals surface area contributed by atoms with Gasteiger partial charge in [0.25, 0.3) is 0 Å². The van der Waals surface area contributed by atoms with Crippen molar-refractivity contribution in [2.75, 3.05) is 14.1 Å². The summed E-state index contributed by atoms with van der Waals surface area (Å²) in [5.74, 6) is 0. The van der Waals surface area contributed by atoms with Crippen LogP contribution in [0.1, 0.15) is 30.0 Å². The lowest BCUT2D eigenvalue weighted by atomic mass is 9.85. The number of aromatic nitrogens is 1. The fourth-order valence-electron chi connectivity index (χ4n) is 3.38. The summed E-state index contributed by atoms with van der Waals surface area (Å²) in [5, 5.41) is 1.39. The van der Waals surface area contributed by atoms with Crippen molar-refractivity contribution in [2.45, 2.75) is 38.8 Å². The highest BCUT2D eigenvalue weighted by molar-refractivity contribution is 5.84. The standard InChI is InChI=1S/C16H22N2/c1-11-9-12(2)16-13(10-11)7-8-18(16)15-6-5-14(15)17(3)4/h7-10,14-15H,5-6H2,1-4H3. The molecular formula is C16H22N2. The van der Waals surface area contributed by atoms with Gasteiger partial charge in [0.05, 0.1) is 5.52 Å². The van der Waals surface area contributed by atoms with E-state index in [1.165, 1.54) is 34.9 Å². The number of fused-ring (bicyclic) bond motifs is 1. The molecule has 0 N–H and O–H groups in total. The van der Waals surface area contributed by atoms with Gasteiger partial charge in [0.1, 0.15) is 0 Å². The van der Waals surface area contributed by atoms with E-state index < -0.39 is 0 Å². The van der Waals surface area contributed by atoms with E-state index in [4.69, 9.17) is 0 Å². The summed E-state index contributed by atoms with van der Waals surface area (Å²) in [6, 6.07) is 8.20. The van der Waals surface area contributed by atoms with Crippen LogP contribution in [0.4, 0.5) is 0 Å². The molecule has 0 radical (unpaired) electrons. The number of benzene rings is 1. The highest BCUT2D eigenvalue weighted by Crippen LogP contribution is 2.38. The topological polar surface area (TPSA) is 8.17 Å². The molecule has 2 nitrogen and oxygen atoms in total. The van der Waals surface area contributed by atoms with Crippen molar-refractivity contribution in [1.82, 2.24) is 9.47 Å². The molecule has 0 bridgehead atoms. The predicted octanol–water partition coefficient (Wildman–Crippen LogP) is 3.52. The van der Waals surface area contributed by atoms with E-state index in [-0.39, 0.29) is 0 Å². The number of rotatable bonds is 2. The van der Waals surface area contributed by atoms with Crippen LogP contribution in [0, 0.1) is 13.8 Å². The van der Waals surface area contributed by atoms with E-state index in [1.807, 2.05) is 0 Å². The number of aryl methyl sites for hydroxylation is 2. The van der Waals surface area contributed by atoms with Gasteiger partial charge in [-0.05, 0) is 58.5 Å². The molecular weight excluding hydrogens is 220 g/mol. The second-order valence-electron chi connectivity index (χ2n) is 5.92. The largest absolute Gasteiger partial charge is 0.343 e. The third kappa shape index (κ3) is 1.67. The predicted molar refractivity (Wildman–Crippen MR) is 77.2 cm³/mol. The Bertz CT molecular complexity index is 580. The van der Waals surface area contributed by atoms with Crippen molar-refractivity contribution in [2.24, 2.45) is 0 Å². The minimum Gasteiger partial charge on any atom is -0.343 e. The average Bonchev–Trinajstić information content (AvgIpc) is 2.58. The first-order valence-electron chi connectivity index (χ1n) is 6.82. The highest BCUT2D eigenvalue weighted by atomic mass is 15.2. The van der Waals surface area contributed by atoms with Gasteiger partial charge < -0.3 is 9.47 Å². The molecule has 2 aromatic rings. The monoisotopic (exact) mass is 242 g/mol. The number of hydrogen-bond acceptors (Lipinski definition) is 1. The Balaban J connectivity index is 2.08. The van der Waals surface area contributed by atoms with Crippen molar-refractivity contribution in [3.05, 3.63) is 35.5 Å². The molecule has 3 rings (SSSR count). The van der Waals surface area contributed by atoms with Crippen molar-refractivity contribution in [3.63, 3.8) is 0 Å². The Kier molecular flexibility index (Phi) is 2.70. The molecule has 1 saturated carbocycles. The van der Waals surface area contributed by atoms with Gasteiger partial charge in [0.15, 0.2) is 0 Å². The quantitative estimate of drug-likeness (QED) is 0.782. The van der Waals surface area contributed by atoms with Gasteiger partial charge in [0, 0.05) is 23.7 Å². The zero-order chi connectivity index (χ0) is 12.9. The second-order valence-corrected chi connectivity index (χ2v) is 5.92. The van der Waals surface area contributed by atoms with Gasteiger partial charge in [-0.2, -0.15) is 0 Å². The van der Waals surface area contributed by atoms with Crippen LogP contribution in [0.3, 0.4) is 0 Å². The highest BCUT2D eigenvalue weighted by Gasteiger charge is 2.34. The molecule has 0 aliphatic heterocycles. The molecule has 1 heterocycles. The molecule has 2 heteroatoms. The van der Waals surface area contributed by atoms with Crippen molar-refractivity contribution >= 4 is 10.9 Å². The molecule has 0 saturated heterocycles. The fraction of sp³-hybridized carbons (Fsp3) is 0.500. The minimum absolute atomic E-state index is 0.652. The van der Waals surface area contributed by atoms with Gasteiger partial charge in [-0.1, -0.05) is 11.6 Å². The van der Waals surface area contributed by atoms with Crippen LogP contribution >= 0.6 is 0 Å². The van der Waals surface area contributed by atoms with E-state index in [2.05, 4.69) is 61.8 Å². The van der Waals surface area contributed by atoms with Gasteiger partial charge >= 0.3 is 0 Å². The summed E-state index contributed by atoms with van der Waals surface area (Å²) in [6.45, 7) is 4.41. The lowest BCUT2D eigenvalue weighted by Crippen LogP contribution is -2.44. The summed E-state index contributed by atoms with van der Waals surface area (Å²) in [4.78, 5) is 2.36. The third-order valence-electron chi connectivity index (χ3n) is 4.37. The maximum absolute atomic E-state index is 2.50. The van der Waals surface area contributed by atoms with Crippen LogP contribution in [0.15, 0.2) is 24.4 Å². The molecule has 1 fully saturated rings. The lowest BCUT2D eigenvalue weighted by molar-refractivity contribution is 0.116. The summed E-state index contributed by atoms with van der Waals surface area (Å²) >= 11 is 0. The molecule has 1 aliphatic rings. The zero-order valence-electron chi connectivity index (χ0n) is 11.8. The van der Waals surface area contributed by atoms with Gasteiger partial charge in [-0.15, -0.1) is 0 Å². The molecule has 1 aromatic heterocycles. The second kappa shape index (κ2) is 4.13. The summed E-state index contributed by atoms with van der Waals surface area (Å²) < 4.78 is 2.50. The molecule has 96 valence electrons. The van der Waals surface area contributed by atoms with Crippen molar-refractivity contribution < 1.29 is 0 Å². The molecule has 0 spiro atoms. The minimum atomic E-state index is 0.652. The molecule has 1 aromatic carbocycles. The molecule has 2 atom stereocenters. The van der Waals surface area contributed by atoms with E-state index in [1.54, 1.807) is 0 Å². The van der Waals surface area contributed by atoms with Crippen LogP contribution in [0.25, 0.3) is 10.9 Å². The first kappa shape index (κ1) is 11.8. The number of nitrogens with zero attached hydrogens (tertiary/aromatic N) is 2. The molecule has 18 heavy (non-hydrogen) atoms. The Hall–Kier alpha value is -1.28. The Morgan fingerprint density at radius 2 is 1.94 bits per heavy atom. The van der Waals surface area contributed by atoms with Crippen LogP contribution < -0.4 is 0 Å². The van der Waals surface area contributed by atoms with E-state index in [0.29, 0.717) is 12.1 Å². The summed E-state index contributed by atoms with van der Waals surface area (Å²) in [5.41, 5.74) is 4.19.